The first kappa shape index (κ1) is 21.0. The number of carbonyl (C=O) groups excluding carboxylic acids is 2. The van der Waals surface area contributed by atoms with E-state index >= 15 is 0 Å². The van der Waals surface area contributed by atoms with Gasteiger partial charge in [0.25, 0.3) is 5.91 Å². The normalized spacial score (nSPS) is 10.8. The molecule has 0 aliphatic carbocycles. The number of methoxy groups -OCH3 is 1. The number of imidazole rings is 1. The molecule has 0 atom stereocenters. The summed E-state index contributed by atoms with van der Waals surface area (Å²) in [5, 5.41) is 2.50. The number of hydrogen-bond donors (Lipinski definition) is 1. The maximum absolute atomic E-state index is 13.2. The lowest BCUT2D eigenvalue weighted by atomic mass is 10.1. The average Bonchev–Trinajstić information content (AvgIpc) is 3.23. The molecule has 0 radical (unpaired) electrons. The Morgan fingerprint density at radius 2 is 1.84 bits per heavy atom. The molecule has 4 aromatic rings. The van der Waals surface area contributed by atoms with Crippen molar-refractivity contribution in [1.82, 2.24) is 14.4 Å². The summed E-state index contributed by atoms with van der Waals surface area (Å²) in [6.45, 7) is 1.91. The number of halogens is 1. The minimum absolute atomic E-state index is 0.259. The van der Waals surface area contributed by atoms with Crippen molar-refractivity contribution in [3.8, 4) is 11.3 Å². The average molecular weight is 433 g/mol. The van der Waals surface area contributed by atoms with Gasteiger partial charge in [-0.15, -0.1) is 0 Å². The Morgan fingerprint density at radius 1 is 1.09 bits per heavy atom. The Bertz CT molecular complexity index is 1300. The van der Waals surface area contributed by atoms with E-state index in [1.807, 2.05) is 23.6 Å². The van der Waals surface area contributed by atoms with E-state index in [1.165, 1.54) is 36.3 Å². The Labute approximate surface area is 183 Å². The summed E-state index contributed by atoms with van der Waals surface area (Å²) >= 11 is 0. The molecule has 32 heavy (non-hydrogen) atoms. The summed E-state index contributed by atoms with van der Waals surface area (Å²) < 4.78 is 19.7. The summed E-state index contributed by atoms with van der Waals surface area (Å²) in [5.74, 6) is -0.299. The van der Waals surface area contributed by atoms with Crippen LogP contribution in [0.15, 0.2) is 61.1 Å². The number of benzene rings is 1. The molecule has 8 nitrogen and oxygen atoms in total. The Balaban J connectivity index is 1.69. The van der Waals surface area contributed by atoms with E-state index in [1.54, 1.807) is 31.6 Å². The minimum Gasteiger partial charge on any atom is -0.453 e. The van der Waals surface area contributed by atoms with Crippen molar-refractivity contribution < 1.29 is 18.7 Å². The standard InChI is InChI=1S/C23H20FN5O3/c1-14-10-18(28(2)22(30)15-4-7-17(24)8-5-15)13-29-19(12-26-21(14)29)16-6-9-20(25-11-16)27-23(31)32-3/h4-13H,1-3H3,(H,25,27,31). The first-order chi connectivity index (χ1) is 15.4. The zero-order chi connectivity index (χ0) is 22.8. The first-order valence-electron chi connectivity index (χ1n) is 9.70. The molecule has 0 bridgehead atoms. The van der Waals surface area contributed by atoms with Gasteiger partial charge in [-0.1, -0.05) is 0 Å². The fourth-order valence-electron chi connectivity index (χ4n) is 3.31. The largest absolute Gasteiger partial charge is 0.453 e. The van der Waals surface area contributed by atoms with E-state index in [9.17, 15) is 14.0 Å². The smallest absolute Gasteiger partial charge is 0.412 e. The predicted octanol–water partition coefficient (Wildman–Crippen LogP) is 4.30. The molecule has 162 valence electrons. The number of aromatic nitrogens is 3. The van der Waals surface area contributed by atoms with E-state index < -0.39 is 11.9 Å². The van der Waals surface area contributed by atoms with Crippen LogP contribution >= 0.6 is 0 Å². The molecule has 0 saturated carbocycles. The molecule has 9 heteroatoms. The first-order valence-corrected chi connectivity index (χ1v) is 9.70. The highest BCUT2D eigenvalue weighted by Gasteiger charge is 2.17. The highest BCUT2D eigenvalue weighted by Crippen LogP contribution is 2.27. The molecule has 0 saturated heterocycles. The fraction of sp³-hybridized carbons (Fsp3) is 0.130. The second-order valence-corrected chi connectivity index (χ2v) is 7.14. The summed E-state index contributed by atoms with van der Waals surface area (Å²) in [7, 11) is 2.94. The van der Waals surface area contributed by atoms with Crippen molar-refractivity contribution in [2.24, 2.45) is 0 Å². The molecule has 1 aromatic carbocycles. The second kappa shape index (κ2) is 8.46. The fourth-order valence-corrected chi connectivity index (χ4v) is 3.31. The Kier molecular flexibility index (Phi) is 5.55. The van der Waals surface area contributed by atoms with Gasteiger partial charge in [-0.05, 0) is 55.0 Å². The van der Waals surface area contributed by atoms with Crippen molar-refractivity contribution in [1.29, 1.82) is 0 Å². The molecule has 0 aliphatic rings. The van der Waals surface area contributed by atoms with Crippen LogP contribution in [0, 0.1) is 12.7 Å². The number of hydrogen-bond acceptors (Lipinski definition) is 5. The minimum atomic E-state index is -0.603. The van der Waals surface area contributed by atoms with Crippen LogP contribution in [0.5, 0.6) is 0 Å². The molecule has 0 aliphatic heterocycles. The SMILES string of the molecule is COC(=O)Nc1ccc(-c2cnc3c(C)cc(N(C)C(=O)c4ccc(F)cc4)cn23)cn1. The van der Waals surface area contributed by atoms with Gasteiger partial charge in [0, 0.05) is 30.6 Å². The van der Waals surface area contributed by atoms with Crippen LogP contribution in [-0.2, 0) is 4.74 Å². The van der Waals surface area contributed by atoms with Gasteiger partial charge in [0.1, 0.15) is 17.3 Å². The van der Waals surface area contributed by atoms with E-state index in [2.05, 4.69) is 20.0 Å². The molecule has 0 unspecified atom stereocenters. The van der Waals surface area contributed by atoms with Crippen LogP contribution in [-0.4, -0.2) is 40.5 Å². The van der Waals surface area contributed by atoms with Crippen molar-refractivity contribution in [2.75, 3.05) is 24.4 Å². The van der Waals surface area contributed by atoms with Crippen molar-refractivity contribution >= 4 is 29.2 Å². The molecule has 3 aromatic heterocycles. The predicted molar refractivity (Wildman–Crippen MR) is 118 cm³/mol. The third-order valence-corrected chi connectivity index (χ3v) is 5.03. The van der Waals surface area contributed by atoms with E-state index in [-0.39, 0.29) is 5.91 Å². The van der Waals surface area contributed by atoms with Crippen molar-refractivity contribution in [3.63, 3.8) is 0 Å². The van der Waals surface area contributed by atoms with Crippen LogP contribution in [0.2, 0.25) is 0 Å². The topological polar surface area (TPSA) is 88.8 Å². The summed E-state index contributed by atoms with van der Waals surface area (Å²) in [4.78, 5) is 34.4. The van der Waals surface area contributed by atoms with Gasteiger partial charge < -0.3 is 9.64 Å². The van der Waals surface area contributed by atoms with Crippen LogP contribution < -0.4 is 10.2 Å². The van der Waals surface area contributed by atoms with Crippen LogP contribution in [0.3, 0.4) is 0 Å². The van der Waals surface area contributed by atoms with E-state index in [4.69, 9.17) is 0 Å². The monoisotopic (exact) mass is 433 g/mol. The molecule has 0 spiro atoms. The highest BCUT2D eigenvalue weighted by molar-refractivity contribution is 6.05. The number of carbonyl (C=O) groups is 2. The maximum atomic E-state index is 13.2. The summed E-state index contributed by atoms with van der Waals surface area (Å²) in [5.41, 5.74) is 4.20. The number of rotatable bonds is 4. The van der Waals surface area contributed by atoms with Gasteiger partial charge in [0.2, 0.25) is 0 Å². The van der Waals surface area contributed by atoms with E-state index in [0.717, 1.165) is 22.5 Å². The zero-order valence-corrected chi connectivity index (χ0v) is 17.7. The van der Waals surface area contributed by atoms with Crippen molar-refractivity contribution in [3.05, 3.63) is 78.0 Å². The van der Waals surface area contributed by atoms with Gasteiger partial charge in [0.05, 0.1) is 24.7 Å². The van der Waals surface area contributed by atoms with Crippen LogP contribution in [0.1, 0.15) is 15.9 Å². The molecule has 1 N–H and O–H groups in total. The number of pyridine rings is 2. The van der Waals surface area contributed by atoms with Gasteiger partial charge in [-0.2, -0.15) is 0 Å². The molecular formula is C23H20FN5O3. The second-order valence-electron chi connectivity index (χ2n) is 7.14. The van der Waals surface area contributed by atoms with Crippen molar-refractivity contribution in [2.45, 2.75) is 6.92 Å². The lowest BCUT2D eigenvalue weighted by molar-refractivity contribution is 0.0993. The highest BCUT2D eigenvalue weighted by atomic mass is 19.1. The number of anilines is 2. The maximum Gasteiger partial charge on any atom is 0.412 e. The number of amides is 2. The lowest BCUT2D eigenvalue weighted by Crippen LogP contribution is -2.26. The molecule has 0 fully saturated rings. The summed E-state index contributed by atoms with van der Waals surface area (Å²) in [6, 6.07) is 10.8. The van der Waals surface area contributed by atoms with Gasteiger partial charge in [0.15, 0.2) is 0 Å². The quantitative estimate of drug-likeness (QED) is 0.518. The summed E-state index contributed by atoms with van der Waals surface area (Å²) in [6.07, 6.45) is 4.55. The Morgan fingerprint density at radius 3 is 2.50 bits per heavy atom. The molecule has 3 heterocycles. The van der Waals surface area contributed by atoms with Gasteiger partial charge in [-0.25, -0.2) is 19.2 Å². The number of aryl methyl sites for hydroxylation is 1. The molecular weight excluding hydrogens is 413 g/mol. The third-order valence-electron chi connectivity index (χ3n) is 5.03. The lowest BCUT2D eigenvalue weighted by Gasteiger charge is -2.19. The van der Waals surface area contributed by atoms with Crippen LogP contribution in [0.25, 0.3) is 16.9 Å². The zero-order valence-electron chi connectivity index (χ0n) is 17.7. The Hall–Kier alpha value is -4.27. The number of nitrogens with zero attached hydrogens (tertiary/aromatic N) is 4. The number of nitrogens with one attached hydrogen (secondary N) is 1. The van der Waals surface area contributed by atoms with Gasteiger partial charge >= 0.3 is 6.09 Å². The molecule has 4 rings (SSSR count). The number of fused-ring (bicyclic) bond motifs is 1. The van der Waals surface area contributed by atoms with Crippen LogP contribution in [0.4, 0.5) is 20.7 Å². The van der Waals surface area contributed by atoms with E-state index in [0.29, 0.717) is 17.1 Å². The number of ether oxygens (including phenoxy) is 1. The molecule has 2 amide bonds. The third kappa shape index (κ3) is 4.00. The van der Waals surface area contributed by atoms with Gasteiger partial charge in [-0.3, -0.25) is 14.5 Å².